The zero-order valence-electron chi connectivity index (χ0n) is 12.2. The second-order valence-electron chi connectivity index (χ2n) is 5.26. The lowest BCUT2D eigenvalue weighted by atomic mass is 9.96. The van der Waals surface area contributed by atoms with Crippen molar-refractivity contribution in [2.45, 2.75) is 19.4 Å². The second-order valence-corrected chi connectivity index (χ2v) is 6.30. The number of hydrogen-bond donors (Lipinski definition) is 3. The average Bonchev–Trinajstić information content (AvgIpc) is 2.99. The number of nitrogens with two attached hydrogens (primary N) is 1. The Labute approximate surface area is 132 Å². The molecule has 0 aromatic carbocycles. The lowest BCUT2D eigenvalue weighted by Crippen LogP contribution is -2.47. The SMILES string of the molecule is NC(=O)C1CCN(CC(=O)NC(=O)NCc2cccs2)CC1. The van der Waals surface area contributed by atoms with Crippen LogP contribution >= 0.6 is 11.3 Å². The minimum atomic E-state index is -0.495. The van der Waals surface area contributed by atoms with Crippen molar-refractivity contribution in [3.05, 3.63) is 22.4 Å². The zero-order chi connectivity index (χ0) is 15.9. The van der Waals surface area contributed by atoms with Gasteiger partial charge in [0.25, 0.3) is 0 Å². The summed E-state index contributed by atoms with van der Waals surface area (Å²) < 4.78 is 0. The fourth-order valence-corrected chi connectivity index (χ4v) is 3.01. The number of thiophene rings is 1. The Morgan fingerprint density at radius 1 is 1.32 bits per heavy atom. The van der Waals surface area contributed by atoms with Crippen LogP contribution in [0.3, 0.4) is 0 Å². The van der Waals surface area contributed by atoms with Crippen molar-refractivity contribution < 1.29 is 14.4 Å². The van der Waals surface area contributed by atoms with E-state index in [0.717, 1.165) is 4.88 Å². The van der Waals surface area contributed by atoms with E-state index in [2.05, 4.69) is 10.6 Å². The summed E-state index contributed by atoms with van der Waals surface area (Å²) in [6.45, 7) is 1.83. The molecule has 0 atom stereocenters. The van der Waals surface area contributed by atoms with Crippen LogP contribution in [-0.2, 0) is 16.1 Å². The van der Waals surface area contributed by atoms with Crippen LogP contribution in [0, 0.1) is 5.92 Å². The van der Waals surface area contributed by atoms with Crippen LogP contribution in [0.2, 0.25) is 0 Å². The lowest BCUT2D eigenvalue weighted by Gasteiger charge is -2.29. The minimum Gasteiger partial charge on any atom is -0.369 e. The highest BCUT2D eigenvalue weighted by Gasteiger charge is 2.24. The monoisotopic (exact) mass is 324 g/mol. The maximum atomic E-state index is 11.8. The van der Waals surface area contributed by atoms with Gasteiger partial charge < -0.3 is 11.1 Å². The summed E-state index contributed by atoms with van der Waals surface area (Å²) in [5.41, 5.74) is 5.26. The number of carbonyl (C=O) groups is 3. The van der Waals surface area contributed by atoms with Crippen LogP contribution in [0.4, 0.5) is 4.79 Å². The molecule has 4 amide bonds. The first-order valence-corrected chi connectivity index (χ1v) is 8.04. The van der Waals surface area contributed by atoms with E-state index in [9.17, 15) is 14.4 Å². The fourth-order valence-electron chi connectivity index (χ4n) is 2.37. The third-order valence-electron chi connectivity index (χ3n) is 3.61. The summed E-state index contributed by atoms with van der Waals surface area (Å²) in [7, 11) is 0. The van der Waals surface area contributed by atoms with Crippen molar-refractivity contribution in [1.29, 1.82) is 0 Å². The van der Waals surface area contributed by atoms with Gasteiger partial charge in [-0.2, -0.15) is 0 Å². The van der Waals surface area contributed by atoms with E-state index in [0.29, 0.717) is 32.5 Å². The van der Waals surface area contributed by atoms with Crippen molar-refractivity contribution in [3.8, 4) is 0 Å². The molecule has 4 N–H and O–H groups in total. The van der Waals surface area contributed by atoms with Crippen molar-refractivity contribution in [3.63, 3.8) is 0 Å². The third kappa shape index (κ3) is 5.12. The number of primary amides is 1. The largest absolute Gasteiger partial charge is 0.369 e. The van der Waals surface area contributed by atoms with Crippen LogP contribution in [0.1, 0.15) is 17.7 Å². The molecule has 2 rings (SSSR count). The van der Waals surface area contributed by atoms with Crippen LogP contribution < -0.4 is 16.4 Å². The molecule has 120 valence electrons. The number of piperidine rings is 1. The smallest absolute Gasteiger partial charge is 0.321 e. The summed E-state index contributed by atoms with van der Waals surface area (Å²) in [5.74, 6) is -0.730. The van der Waals surface area contributed by atoms with E-state index in [1.54, 1.807) is 11.3 Å². The maximum Gasteiger partial charge on any atom is 0.321 e. The Balaban J connectivity index is 1.65. The summed E-state index contributed by atoms with van der Waals surface area (Å²) in [5, 5.41) is 6.87. The molecule has 0 spiro atoms. The first kappa shape index (κ1) is 16.4. The number of imide groups is 1. The lowest BCUT2D eigenvalue weighted by molar-refractivity contribution is -0.123. The number of nitrogens with zero attached hydrogens (tertiary/aromatic N) is 1. The second kappa shape index (κ2) is 7.90. The van der Waals surface area contributed by atoms with Crippen molar-refractivity contribution in [2.75, 3.05) is 19.6 Å². The predicted octanol–water partition coefficient (Wildman–Crippen LogP) is 0.271. The Morgan fingerprint density at radius 2 is 2.05 bits per heavy atom. The van der Waals surface area contributed by atoms with E-state index in [4.69, 9.17) is 5.73 Å². The standard InChI is InChI=1S/C14H20N4O3S/c15-13(20)10-3-5-18(6-4-10)9-12(19)17-14(21)16-8-11-2-1-7-22-11/h1-2,7,10H,3-6,8-9H2,(H2,15,20)(H2,16,17,19,21). The molecule has 1 aromatic heterocycles. The Bertz CT molecular complexity index is 524. The molecule has 0 unspecified atom stereocenters. The molecule has 1 aliphatic rings. The highest BCUT2D eigenvalue weighted by atomic mass is 32.1. The normalized spacial score (nSPS) is 16.2. The average molecular weight is 324 g/mol. The molecule has 22 heavy (non-hydrogen) atoms. The molecule has 0 saturated carbocycles. The van der Waals surface area contributed by atoms with E-state index in [1.807, 2.05) is 22.4 Å². The van der Waals surface area contributed by atoms with Gasteiger partial charge in [-0.15, -0.1) is 11.3 Å². The van der Waals surface area contributed by atoms with Crippen molar-refractivity contribution in [1.82, 2.24) is 15.5 Å². The van der Waals surface area contributed by atoms with Gasteiger partial charge in [0.1, 0.15) is 0 Å². The van der Waals surface area contributed by atoms with E-state index >= 15 is 0 Å². The van der Waals surface area contributed by atoms with Gasteiger partial charge in [-0.3, -0.25) is 19.8 Å². The van der Waals surface area contributed by atoms with Gasteiger partial charge >= 0.3 is 6.03 Å². The molecule has 0 radical (unpaired) electrons. The molecule has 1 saturated heterocycles. The van der Waals surface area contributed by atoms with Gasteiger partial charge in [0.15, 0.2) is 0 Å². The molecular weight excluding hydrogens is 304 g/mol. The van der Waals surface area contributed by atoms with Gasteiger partial charge in [-0.1, -0.05) is 6.07 Å². The summed E-state index contributed by atoms with van der Waals surface area (Å²) in [4.78, 5) is 37.4. The van der Waals surface area contributed by atoms with Gasteiger partial charge in [-0.25, -0.2) is 4.79 Å². The molecule has 7 nitrogen and oxygen atoms in total. The number of carbonyl (C=O) groups excluding carboxylic acids is 3. The number of rotatable bonds is 5. The molecular formula is C14H20N4O3S. The summed E-state index contributed by atoms with van der Waals surface area (Å²) >= 11 is 1.54. The Hall–Kier alpha value is -1.93. The summed E-state index contributed by atoms with van der Waals surface area (Å²) in [6.07, 6.45) is 1.32. The Kier molecular flexibility index (Phi) is 5.91. The molecule has 0 aliphatic carbocycles. The van der Waals surface area contributed by atoms with Crippen molar-refractivity contribution >= 4 is 29.2 Å². The minimum absolute atomic E-state index is 0.103. The fraction of sp³-hybridized carbons (Fsp3) is 0.500. The molecule has 1 fully saturated rings. The molecule has 0 bridgehead atoms. The highest BCUT2D eigenvalue weighted by Crippen LogP contribution is 2.16. The van der Waals surface area contributed by atoms with Gasteiger partial charge in [0.05, 0.1) is 13.1 Å². The zero-order valence-corrected chi connectivity index (χ0v) is 13.0. The van der Waals surface area contributed by atoms with Crippen LogP contribution in [0.5, 0.6) is 0 Å². The molecule has 1 aliphatic heterocycles. The maximum absolute atomic E-state index is 11.8. The number of nitrogens with one attached hydrogen (secondary N) is 2. The number of amides is 4. The highest BCUT2D eigenvalue weighted by molar-refractivity contribution is 7.09. The van der Waals surface area contributed by atoms with Crippen molar-refractivity contribution in [2.24, 2.45) is 11.7 Å². The van der Waals surface area contributed by atoms with E-state index in [-0.39, 0.29) is 24.3 Å². The number of hydrogen-bond acceptors (Lipinski definition) is 5. The van der Waals surface area contributed by atoms with Crippen LogP contribution in [0.25, 0.3) is 0 Å². The molecule has 8 heteroatoms. The predicted molar refractivity (Wildman–Crippen MR) is 83.1 cm³/mol. The first-order valence-electron chi connectivity index (χ1n) is 7.16. The Morgan fingerprint density at radius 3 is 2.64 bits per heavy atom. The van der Waals surface area contributed by atoms with Crippen LogP contribution in [0.15, 0.2) is 17.5 Å². The number of urea groups is 1. The van der Waals surface area contributed by atoms with Gasteiger partial charge in [0.2, 0.25) is 11.8 Å². The molecule has 2 heterocycles. The van der Waals surface area contributed by atoms with Gasteiger partial charge in [-0.05, 0) is 37.4 Å². The van der Waals surface area contributed by atoms with Gasteiger partial charge in [0, 0.05) is 10.8 Å². The van der Waals surface area contributed by atoms with Crippen LogP contribution in [-0.4, -0.2) is 42.4 Å². The topological polar surface area (TPSA) is 105 Å². The van der Waals surface area contributed by atoms with E-state index < -0.39 is 6.03 Å². The first-order chi connectivity index (χ1) is 10.5. The quantitative estimate of drug-likeness (QED) is 0.723. The van der Waals surface area contributed by atoms with E-state index in [1.165, 1.54) is 0 Å². The molecule has 1 aromatic rings. The summed E-state index contributed by atoms with van der Waals surface area (Å²) in [6, 6.07) is 3.32. The number of likely N-dealkylation sites (tertiary alicyclic amines) is 1. The third-order valence-corrected chi connectivity index (χ3v) is 4.49.